The van der Waals surface area contributed by atoms with Crippen LogP contribution in [0.4, 0.5) is 0 Å². The number of para-hydroxylation sites is 1. The average Bonchev–Trinajstić information content (AvgIpc) is 3.18. The fourth-order valence-corrected chi connectivity index (χ4v) is 5.39. The second kappa shape index (κ2) is 5.79. The third-order valence-corrected chi connectivity index (χ3v) is 7.06. The summed E-state index contributed by atoms with van der Waals surface area (Å²) in [5.74, 6) is 1.02. The van der Waals surface area contributed by atoms with E-state index in [2.05, 4.69) is 0 Å². The van der Waals surface area contributed by atoms with Gasteiger partial charge in [-0.05, 0) is 29.5 Å². The number of sulfonamides is 1. The summed E-state index contributed by atoms with van der Waals surface area (Å²) in [5.41, 5.74) is 1.09. The number of benzene rings is 1. The van der Waals surface area contributed by atoms with Crippen molar-refractivity contribution in [2.24, 2.45) is 0 Å². The third kappa shape index (κ3) is 2.71. The quantitative estimate of drug-likeness (QED) is 0.869. The molecule has 0 spiro atoms. The summed E-state index contributed by atoms with van der Waals surface area (Å²) in [4.78, 5) is 0. The van der Waals surface area contributed by atoms with Crippen molar-refractivity contribution in [3.63, 3.8) is 0 Å². The van der Waals surface area contributed by atoms with Crippen LogP contribution in [-0.2, 0) is 10.0 Å². The van der Waals surface area contributed by atoms with Gasteiger partial charge in [0.15, 0.2) is 0 Å². The summed E-state index contributed by atoms with van der Waals surface area (Å²) < 4.78 is 32.4. The fourth-order valence-electron chi connectivity index (χ4n) is 2.74. The lowest BCUT2D eigenvalue weighted by Crippen LogP contribution is -2.28. The van der Waals surface area contributed by atoms with Crippen LogP contribution in [0, 0.1) is 0 Å². The minimum Gasteiger partial charge on any atom is -0.496 e. The standard InChI is InChI=1S/C15H17NO3S2/c1-19-14-6-3-2-5-13(14)12-8-9-16(11-12)21(17,18)15-7-4-10-20-15/h2-7,10,12H,8-9,11H2,1H3/t12-/m0/s1. The van der Waals surface area contributed by atoms with Gasteiger partial charge in [-0.25, -0.2) is 8.42 Å². The zero-order chi connectivity index (χ0) is 14.9. The Kier molecular flexibility index (Phi) is 4.01. The molecule has 1 aromatic heterocycles. The topological polar surface area (TPSA) is 46.6 Å². The Morgan fingerprint density at radius 1 is 1.24 bits per heavy atom. The van der Waals surface area contributed by atoms with Crippen molar-refractivity contribution in [1.29, 1.82) is 0 Å². The number of hydrogen-bond acceptors (Lipinski definition) is 4. The minimum atomic E-state index is -3.34. The minimum absolute atomic E-state index is 0.191. The van der Waals surface area contributed by atoms with E-state index >= 15 is 0 Å². The van der Waals surface area contributed by atoms with Gasteiger partial charge in [0.25, 0.3) is 10.0 Å². The van der Waals surface area contributed by atoms with Gasteiger partial charge >= 0.3 is 0 Å². The molecule has 1 aliphatic heterocycles. The van der Waals surface area contributed by atoms with E-state index in [0.29, 0.717) is 17.3 Å². The summed E-state index contributed by atoms with van der Waals surface area (Å²) in [5, 5.41) is 1.79. The molecule has 0 aliphatic carbocycles. The van der Waals surface area contributed by atoms with Gasteiger partial charge in [-0.2, -0.15) is 4.31 Å². The highest BCUT2D eigenvalue weighted by atomic mass is 32.2. The molecule has 0 bridgehead atoms. The van der Waals surface area contributed by atoms with Crippen LogP contribution in [0.5, 0.6) is 5.75 Å². The van der Waals surface area contributed by atoms with E-state index in [1.165, 1.54) is 11.3 Å². The van der Waals surface area contributed by atoms with E-state index in [9.17, 15) is 8.42 Å². The molecule has 112 valence electrons. The maximum atomic E-state index is 12.5. The molecule has 1 fully saturated rings. The summed E-state index contributed by atoms with van der Waals surface area (Å²) in [6.07, 6.45) is 0.824. The molecule has 21 heavy (non-hydrogen) atoms. The molecule has 2 aromatic rings. The van der Waals surface area contributed by atoms with Crippen LogP contribution < -0.4 is 4.74 Å². The van der Waals surface area contributed by atoms with Gasteiger partial charge in [0.05, 0.1) is 7.11 Å². The molecule has 0 unspecified atom stereocenters. The zero-order valence-corrected chi connectivity index (χ0v) is 13.4. The largest absolute Gasteiger partial charge is 0.496 e. The highest BCUT2D eigenvalue weighted by Gasteiger charge is 2.34. The summed E-state index contributed by atoms with van der Waals surface area (Å²) in [6.45, 7) is 1.07. The molecule has 0 radical (unpaired) electrons. The predicted molar refractivity (Wildman–Crippen MR) is 83.4 cm³/mol. The SMILES string of the molecule is COc1ccccc1[C@H]1CCN(S(=O)(=O)c2cccs2)C1. The van der Waals surface area contributed by atoms with Gasteiger partial charge in [0, 0.05) is 19.0 Å². The van der Waals surface area contributed by atoms with Crippen LogP contribution in [0.3, 0.4) is 0 Å². The molecule has 1 aromatic carbocycles. The van der Waals surface area contributed by atoms with Crippen molar-refractivity contribution in [2.45, 2.75) is 16.5 Å². The maximum Gasteiger partial charge on any atom is 0.252 e. The van der Waals surface area contributed by atoms with Crippen LogP contribution in [0.2, 0.25) is 0 Å². The van der Waals surface area contributed by atoms with Crippen molar-refractivity contribution in [1.82, 2.24) is 4.31 Å². The van der Waals surface area contributed by atoms with Crippen molar-refractivity contribution < 1.29 is 13.2 Å². The molecule has 6 heteroatoms. The monoisotopic (exact) mass is 323 g/mol. The lowest BCUT2D eigenvalue weighted by Gasteiger charge is -2.17. The molecule has 0 saturated carbocycles. The van der Waals surface area contributed by atoms with Crippen molar-refractivity contribution in [3.05, 3.63) is 47.3 Å². The van der Waals surface area contributed by atoms with Gasteiger partial charge in [-0.1, -0.05) is 24.3 Å². The second-order valence-corrected chi connectivity index (χ2v) is 8.14. The van der Waals surface area contributed by atoms with Crippen molar-refractivity contribution in [2.75, 3.05) is 20.2 Å². The van der Waals surface area contributed by atoms with Crippen LogP contribution in [-0.4, -0.2) is 32.9 Å². The number of methoxy groups -OCH3 is 1. The van der Waals surface area contributed by atoms with Gasteiger partial charge in [0.1, 0.15) is 9.96 Å². The number of thiophene rings is 1. The molecule has 3 rings (SSSR count). The highest BCUT2D eigenvalue weighted by Crippen LogP contribution is 2.36. The average molecular weight is 323 g/mol. The molecule has 1 aliphatic rings. The highest BCUT2D eigenvalue weighted by molar-refractivity contribution is 7.91. The molecule has 1 saturated heterocycles. The molecule has 2 heterocycles. The Balaban J connectivity index is 1.83. The molecule has 1 atom stereocenters. The third-order valence-electron chi connectivity index (χ3n) is 3.82. The molecule has 0 N–H and O–H groups in total. The number of ether oxygens (including phenoxy) is 1. The van der Waals surface area contributed by atoms with E-state index in [4.69, 9.17) is 4.74 Å². The zero-order valence-electron chi connectivity index (χ0n) is 11.7. The molecule has 4 nitrogen and oxygen atoms in total. The first-order valence-corrected chi connectivity index (χ1v) is 9.11. The fraction of sp³-hybridized carbons (Fsp3) is 0.333. The maximum absolute atomic E-state index is 12.5. The van der Waals surface area contributed by atoms with Gasteiger partial charge in [0.2, 0.25) is 0 Å². The Labute approximate surface area is 129 Å². The van der Waals surface area contributed by atoms with E-state index in [0.717, 1.165) is 17.7 Å². The Morgan fingerprint density at radius 3 is 2.76 bits per heavy atom. The first-order chi connectivity index (χ1) is 10.1. The number of nitrogens with zero attached hydrogens (tertiary/aromatic N) is 1. The lowest BCUT2D eigenvalue weighted by atomic mass is 9.97. The van der Waals surface area contributed by atoms with Crippen LogP contribution in [0.15, 0.2) is 46.0 Å². The Bertz CT molecular complexity index is 710. The Hall–Kier alpha value is -1.37. The first-order valence-electron chi connectivity index (χ1n) is 6.79. The van der Waals surface area contributed by atoms with Gasteiger partial charge in [-0.15, -0.1) is 11.3 Å². The van der Waals surface area contributed by atoms with Crippen LogP contribution in [0.25, 0.3) is 0 Å². The van der Waals surface area contributed by atoms with Crippen LogP contribution >= 0.6 is 11.3 Å². The lowest BCUT2D eigenvalue weighted by molar-refractivity contribution is 0.405. The summed E-state index contributed by atoms with van der Waals surface area (Å²) in [7, 11) is -1.70. The molecule has 0 amide bonds. The second-order valence-electron chi connectivity index (χ2n) is 5.02. The smallest absolute Gasteiger partial charge is 0.252 e. The van der Waals surface area contributed by atoms with E-state index in [-0.39, 0.29) is 5.92 Å². The first kappa shape index (κ1) is 14.6. The normalized spacial score (nSPS) is 19.8. The number of hydrogen-bond donors (Lipinski definition) is 0. The molecular formula is C15H17NO3S2. The number of rotatable bonds is 4. The van der Waals surface area contributed by atoms with Crippen molar-refractivity contribution in [3.8, 4) is 5.75 Å². The summed E-state index contributed by atoms with van der Waals surface area (Å²) >= 11 is 1.27. The van der Waals surface area contributed by atoms with Crippen molar-refractivity contribution >= 4 is 21.4 Å². The van der Waals surface area contributed by atoms with E-state index < -0.39 is 10.0 Å². The van der Waals surface area contributed by atoms with E-state index in [1.54, 1.807) is 28.9 Å². The Morgan fingerprint density at radius 2 is 2.05 bits per heavy atom. The van der Waals surface area contributed by atoms with Gasteiger partial charge in [-0.3, -0.25) is 0 Å². The van der Waals surface area contributed by atoms with Crippen LogP contribution in [0.1, 0.15) is 17.9 Å². The predicted octanol–water partition coefficient (Wildman–Crippen LogP) is 2.93. The van der Waals surface area contributed by atoms with Gasteiger partial charge < -0.3 is 4.74 Å². The summed E-state index contributed by atoms with van der Waals surface area (Å²) in [6, 6.07) is 11.3. The molecular weight excluding hydrogens is 306 g/mol. The van der Waals surface area contributed by atoms with E-state index in [1.807, 2.05) is 24.3 Å².